The third kappa shape index (κ3) is 11.9. The highest BCUT2D eigenvalue weighted by molar-refractivity contribution is 7.72. The number of hydrogen-bond acceptors (Lipinski definition) is 8. The van der Waals surface area contributed by atoms with E-state index in [0.29, 0.717) is 19.8 Å². The fourth-order valence-electron chi connectivity index (χ4n) is 3.90. The Kier molecular flexibility index (Phi) is 15.2. The number of ether oxygens (including phenoxy) is 1. The fourth-order valence-corrected chi connectivity index (χ4v) is 5.82. The first kappa shape index (κ1) is 39.2. The molecule has 0 saturated carbocycles. The van der Waals surface area contributed by atoms with Crippen LogP contribution in [0.5, 0.6) is 0 Å². The maximum absolute atomic E-state index is 13.6. The summed E-state index contributed by atoms with van der Waals surface area (Å²) in [5.41, 5.74) is 0.801. The van der Waals surface area contributed by atoms with Gasteiger partial charge in [-0.2, -0.15) is 5.10 Å². The van der Waals surface area contributed by atoms with E-state index < -0.39 is 57.3 Å². The van der Waals surface area contributed by atoms with Crippen molar-refractivity contribution in [3.8, 4) is 0 Å². The van der Waals surface area contributed by atoms with E-state index in [4.69, 9.17) is 4.74 Å². The van der Waals surface area contributed by atoms with Crippen LogP contribution in [0.2, 0.25) is 0 Å². The molecule has 3 atom stereocenters. The van der Waals surface area contributed by atoms with Crippen molar-refractivity contribution in [2.75, 3.05) is 27.2 Å². The summed E-state index contributed by atoms with van der Waals surface area (Å²) in [6, 6.07) is 7.72. The van der Waals surface area contributed by atoms with Gasteiger partial charge in [0.05, 0.1) is 6.04 Å². The summed E-state index contributed by atoms with van der Waals surface area (Å²) in [5, 5.41) is 10.3. The van der Waals surface area contributed by atoms with Crippen LogP contribution in [-0.2, 0) is 30.1 Å². The van der Waals surface area contributed by atoms with Crippen molar-refractivity contribution < 1.29 is 47.8 Å². The Morgan fingerprint density at radius 1 is 1.05 bits per heavy atom. The largest absolute Gasteiger partial charge is 0.445 e. The molecule has 1 rings (SSSR count). The molecule has 0 radical (unpaired) electrons. The monoisotopic (exact) mass is 663 g/mol. The second kappa shape index (κ2) is 17.0. The number of alkyl carbamates (subject to hydrolysis) is 1. The van der Waals surface area contributed by atoms with Gasteiger partial charge >= 0.3 is 21.3 Å². The standard InChI is InChI=1S/C27H47N5O10P2/c1-8-20(4)24(30-26(35)42-17-21-12-10-9-11-13-21)25(34)32(7)22(14-19(2)3)15-29-31(6)16-23(33)28-18-27(5,43(36,37)38)44(39,40)41/h9-13,15,19-20,22,24H,8,14,16-18H2,1-7H3,(H,28,33)(H,30,35)(H2,36,37,38)(H2,39,40,41)/b29-15+. The van der Waals surface area contributed by atoms with E-state index in [1.165, 1.54) is 23.2 Å². The van der Waals surface area contributed by atoms with E-state index in [0.717, 1.165) is 5.56 Å². The number of carbonyl (C=O) groups excluding carboxylic acids is 3. The number of amides is 3. The van der Waals surface area contributed by atoms with Crippen LogP contribution < -0.4 is 10.6 Å². The van der Waals surface area contributed by atoms with Crippen LogP contribution in [0.4, 0.5) is 4.79 Å². The van der Waals surface area contributed by atoms with Gasteiger partial charge in [-0.15, -0.1) is 0 Å². The molecule has 0 fully saturated rings. The Hall–Kier alpha value is -2.80. The summed E-state index contributed by atoms with van der Waals surface area (Å²) in [4.78, 5) is 75.2. The molecule has 17 heteroatoms. The molecule has 3 unspecified atom stereocenters. The molecule has 44 heavy (non-hydrogen) atoms. The predicted molar refractivity (Wildman–Crippen MR) is 166 cm³/mol. The normalized spacial score (nSPS) is 14.5. The molecule has 0 aliphatic carbocycles. The third-order valence-corrected chi connectivity index (χ3v) is 11.6. The molecule has 0 aromatic heterocycles. The Morgan fingerprint density at radius 3 is 2.11 bits per heavy atom. The van der Waals surface area contributed by atoms with Crippen LogP contribution in [0.3, 0.4) is 0 Å². The number of nitrogens with one attached hydrogen (secondary N) is 2. The Balaban J connectivity index is 2.96. The van der Waals surface area contributed by atoms with Crippen LogP contribution in [0.25, 0.3) is 0 Å². The zero-order valence-electron chi connectivity index (χ0n) is 26.3. The molecule has 0 saturated heterocycles. The van der Waals surface area contributed by atoms with Crippen molar-refractivity contribution in [3.63, 3.8) is 0 Å². The van der Waals surface area contributed by atoms with E-state index in [9.17, 15) is 43.1 Å². The minimum absolute atomic E-state index is 0.0460. The first-order valence-electron chi connectivity index (χ1n) is 14.1. The minimum atomic E-state index is -5.30. The summed E-state index contributed by atoms with van der Waals surface area (Å²) < 4.78 is 28.8. The van der Waals surface area contributed by atoms with E-state index in [2.05, 4.69) is 15.7 Å². The summed E-state index contributed by atoms with van der Waals surface area (Å²) in [6.45, 7) is 7.03. The Labute approximate surface area is 258 Å². The van der Waals surface area contributed by atoms with Crippen LogP contribution in [0.15, 0.2) is 35.4 Å². The van der Waals surface area contributed by atoms with Gasteiger partial charge in [-0.1, -0.05) is 64.4 Å². The molecule has 0 aliphatic rings. The lowest BCUT2D eigenvalue weighted by molar-refractivity contribution is -0.134. The van der Waals surface area contributed by atoms with E-state index in [1.54, 1.807) is 7.05 Å². The quantitative estimate of drug-likeness (QED) is 0.0807. The maximum atomic E-state index is 13.6. The first-order valence-corrected chi connectivity index (χ1v) is 17.3. The zero-order valence-corrected chi connectivity index (χ0v) is 28.1. The number of likely N-dealkylation sites (N-methyl/N-ethyl adjacent to an activating group) is 2. The van der Waals surface area contributed by atoms with Gasteiger partial charge in [0, 0.05) is 26.9 Å². The van der Waals surface area contributed by atoms with Gasteiger partial charge in [0.25, 0.3) is 0 Å². The van der Waals surface area contributed by atoms with Crippen molar-refractivity contribution >= 4 is 39.3 Å². The summed E-state index contributed by atoms with van der Waals surface area (Å²) in [6.07, 6.45) is 1.85. The molecule has 3 amide bonds. The van der Waals surface area contributed by atoms with E-state index >= 15 is 0 Å². The molecule has 6 N–H and O–H groups in total. The Morgan fingerprint density at radius 2 is 1.61 bits per heavy atom. The summed E-state index contributed by atoms with van der Waals surface area (Å²) in [7, 11) is -7.56. The molecule has 1 aromatic rings. The molecule has 1 aromatic carbocycles. The van der Waals surface area contributed by atoms with Gasteiger partial charge < -0.3 is 39.8 Å². The average molecular weight is 664 g/mol. The van der Waals surface area contributed by atoms with Gasteiger partial charge in [-0.05, 0) is 30.7 Å². The SMILES string of the molecule is CCC(C)C(NC(=O)OCc1ccccc1)C(=O)N(C)C(/C=N/N(C)CC(=O)NCC(C)(P(=O)(O)O)P(=O)(O)O)CC(C)C. The molecule has 0 spiro atoms. The van der Waals surface area contributed by atoms with Crippen LogP contribution in [0.1, 0.15) is 53.0 Å². The lowest BCUT2D eigenvalue weighted by Crippen LogP contribution is -2.53. The second-order valence-corrected chi connectivity index (χ2v) is 15.9. The zero-order chi connectivity index (χ0) is 33.9. The number of rotatable bonds is 17. The molecular formula is C27H47N5O10P2. The minimum Gasteiger partial charge on any atom is -0.445 e. The Bertz CT molecular complexity index is 1200. The first-order chi connectivity index (χ1) is 20.2. The van der Waals surface area contributed by atoms with Gasteiger partial charge in [0.1, 0.15) is 19.2 Å². The van der Waals surface area contributed by atoms with Crippen LogP contribution in [-0.4, -0.2) is 97.8 Å². The van der Waals surface area contributed by atoms with Gasteiger partial charge in [0.2, 0.25) is 11.8 Å². The number of nitrogens with zero attached hydrogens (tertiary/aromatic N) is 3. The molecule has 0 aliphatic heterocycles. The van der Waals surface area contributed by atoms with Gasteiger partial charge in [-0.3, -0.25) is 23.7 Å². The highest BCUT2D eigenvalue weighted by Crippen LogP contribution is 2.68. The van der Waals surface area contributed by atoms with Gasteiger partial charge in [-0.25, -0.2) is 4.79 Å². The van der Waals surface area contributed by atoms with E-state index in [1.807, 2.05) is 58.0 Å². The number of hydrazone groups is 1. The maximum Gasteiger partial charge on any atom is 0.408 e. The fraction of sp³-hybridized carbons (Fsp3) is 0.630. The van der Waals surface area contributed by atoms with Crippen molar-refractivity contribution in [1.29, 1.82) is 0 Å². The highest BCUT2D eigenvalue weighted by atomic mass is 31.2. The van der Waals surface area contributed by atoms with Crippen molar-refractivity contribution in [3.05, 3.63) is 35.9 Å². The number of carbonyl (C=O) groups is 3. The third-order valence-electron chi connectivity index (χ3n) is 7.21. The number of hydrogen-bond donors (Lipinski definition) is 6. The summed E-state index contributed by atoms with van der Waals surface area (Å²) >= 11 is 0. The molecule has 0 heterocycles. The molecular weight excluding hydrogens is 616 g/mol. The molecule has 0 bridgehead atoms. The van der Waals surface area contributed by atoms with Crippen molar-refractivity contribution in [2.24, 2.45) is 16.9 Å². The topological polar surface area (TPSA) is 218 Å². The average Bonchev–Trinajstić information content (AvgIpc) is 2.93. The van der Waals surface area contributed by atoms with Crippen molar-refractivity contribution in [2.45, 2.75) is 71.0 Å². The molecule has 15 nitrogen and oxygen atoms in total. The van der Waals surface area contributed by atoms with Crippen LogP contribution in [0, 0.1) is 11.8 Å². The van der Waals surface area contributed by atoms with Crippen LogP contribution >= 0.6 is 15.2 Å². The van der Waals surface area contributed by atoms with E-state index in [-0.39, 0.29) is 24.3 Å². The van der Waals surface area contributed by atoms with Crippen molar-refractivity contribution in [1.82, 2.24) is 20.5 Å². The lowest BCUT2D eigenvalue weighted by atomic mass is 9.96. The van der Waals surface area contributed by atoms with Gasteiger partial charge in [0.15, 0.2) is 4.90 Å². The summed E-state index contributed by atoms with van der Waals surface area (Å²) in [5.74, 6) is -1.23. The second-order valence-electron chi connectivity index (χ2n) is 11.4. The highest BCUT2D eigenvalue weighted by Gasteiger charge is 2.56. The molecule has 250 valence electrons. The smallest absolute Gasteiger partial charge is 0.408 e. The number of benzene rings is 1. The predicted octanol–water partition coefficient (Wildman–Crippen LogP) is 2.31. The lowest BCUT2D eigenvalue weighted by Gasteiger charge is -2.32.